The fourth-order valence-electron chi connectivity index (χ4n) is 3.19. The second kappa shape index (κ2) is 9.32. The third kappa shape index (κ3) is 4.95. The molecule has 0 radical (unpaired) electrons. The third-order valence-electron chi connectivity index (χ3n) is 5.00. The molecular weight excluding hydrogens is 412 g/mol. The highest BCUT2D eigenvalue weighted by Gasteiger charge is 2.25. The summed E-state index contributed by atoms with van der Waals surface area (Å²) in [6.07, 6.45) is 0. The molecule has 7 heteroatoms. The standard InChI is InChI=1S/C24H26N2O4S/c1-17-10-12-19(13-11-17)23(18-8-6-5-7-9-18)25-24(27)20-14-15-21(30-4)22(16-20)31(28,29)26(2)3/h5-16,23H,1-4H3,(H,25,27). The fraction of sp³-hybridized carbons (Fsp3) is 0.208. The summed E-state index contributed by atoms with van der Waals surface area (Å²) in [5.74, 6) is -0.198. The minimum absolute atomic E-state index is 0.0563. The Hall–Kier alpha value is -3.16. The lowest BCUT2D eigenvalue weighted by Gasteiger charge is -2.21. The predicted octanol–water partition coefficient (Wildman–Crippen LogP) is 3.77. The van der Waals surface area contributed by atoms with Gasteiger partial charge in [0.1, 0.15) is 10.6 Å². The van der Waals surface area contributed by atoms with E-state index in [-0.39, 0.29) is 28.2 Å². The van der Waals surface area contributed by atoms with Crippen molar-refractivity contribution in [1.82, 2.24) is 9.62 Å². The number of ether oxygens (including phenoxy) is 1. The highest BCUT2D eigenvalue weighted by Crippen LogP contribution is 2.28. The molecule has 3 rings (SSSR count). The maximum absolute atomic E-state index is 13.2. The lowest BCUT2D eigenvalue weighted by atomic mass is 9.97. The average Bonchev–Trinajstić information content (AvgIpc) is 2.78. The van der Waals surface area contributed by atoms with Gasteiger partial charge in [-0.05, 0) is 36.2 Å². The van der Waals surface area contributed by atoms with Gasteiger partial charge in [-0.15, -0.1) is 0 Å². The van der Waals surface area contributed by atoms with Gasteiger partial charge in [0.15, 0.2) is 0 Å². The summed E-state index contributed by atoms with van der Waals surface area (Å²) >= 11 is 0. The van der Waals surface area contributed by atoms with Crippen molar-refractivity contribution in [3.8, 4) is 5.75 Å². The largest absolute Gasteiger partial charge is 0.495 e. The van der Waals surface area contributed by atoms with Crippen LogP contribution in [0.25, 0.3) is 0 Å². The van der Waals surface area contributed by atoms with Crippen molar-refractivity contribution >= 4 is 15.9 Å². The fourth-order valence-corrected chi connectivity index (χ4v) is 4.27. The second-order valence-corrected chi connectivity index (χ2v) is 9.50. The molecule has 0 spiro atoms. The Morgan fingerprint density at radius 2 is 1.55 bits per heavy atom. The molecular formula is C24H26N2O4S. The zero-order valence-corrected chi connectivity index (χ0v) is 18.8. The van der Waals surface area contributed by atoms with Crippen LogP contribution in [-0.2, 0) is 10.0 Å². The number of benzene rings is 3. The summed E-state index contributed by atoms with van der Waals surface area (Å²) in [6.45, 7) is 2.00. The second-order valence-electron chi connectivity index (χ2n) is 7.38. The Balaban J connectivity index is 2.00. The molecule has 0 fully saturated rings. The van der Waals surface area contributed by atoms with E-state index in [0.29, 0.717) is 0 Å². The molecule has 31 heavy (non-hydrogen) atoms. The van der Waals surface area contributed by atoms with E-state index in [1.165, 1.54) is 33.3 Å². The van der Waals surface area contributed by atoms with Crippen molar-refractivity contribution in [3.05, 3.63) is 95.1 Å². The SMILES string of the molecule is COc1ccc(C(=O)NC(c2ccccc2)c2ccc(C)cc2)cc1S(=O)(=O)N(C)C. The number of hydrogen-bond donors (Lipinski definition) is 1. The normalized spacial score (nSPS) is 12.4. The predicted molar refractivity (Wildman–Crippen MR) is 121 cm³/mol. The number of sulfonamides is 1. The topological polar surface area (TPSA) is 75.7 Å². The molecule has 0 aromatic heterocycles. The maximum atomic E-state index is 13.2. The molecule has 0 aliphatic rings. The van der Waals surface area contributed by atoms with Crippen molar-refractivity contribution in [2.75, 3.05) is 21.2 Å². The van der Waals surface area contributed by atoms with Gasteiger partial charge in [0.2, 0.25) is 10.0 Å². The zero-order valence-electron chi connectivity index (χ0n) is 18.0. The lowest BCUT2D eigenvalue weighted by Crippen LogP contribution is -2.30. The van der Waals surface area contributed by atoms with Crippen LogP contribution in [0.3, 0.4) is 0 Å². The number of nitrogens with zero attached hydrogens (tertiary/aromatic N) is 1. The molecule has 0 heterocycles. The number of nitrogens with one attached hydrogen (secondary N) is 1. The third-order valence-corrected chi connectivity index (χ3v) is 6.84. The van der Waals surface area contributed by atoms with Crippen LogP contribution in [0.2, 0.25) is 0 Å². The minimum atomic E-state index is -3.78. The van der Waals surface area contributed by atoms with Gasteiger partial charge in [-0.3, -0.25) is 4.79 Å². The van der Waals surface area contributed by atoms with Crippen molar-refractivity contribution in [3.63, 3.8) is 0 Å². The first-order chi connectivity index (χ1) is 14.7. The maximum Gasteiger partial charge on any atom is 0.252 e. The molecule has 3 aromatic carbocycles. The molecule has 3 aromatic rings. The summed E-state index contributed by atoms with van der Waals surface area (Å²) in [4.78, 5) is 13.1. The van der Waals surface area contributed by atoms with Gasteiger partial charge in [0, 0.05) is 19.7 Å². The number of methoxy groups -OCH3 is 1. The molecule has 0 aliphatic heterocycles. The number of carbonyl (C=O) groups excluding carboxylic acids is 1. The molecule has 6 nitrogen and oxygen atoms in total. The summed E-state index contributed by atoms with van der Waals surface area (Å²) < 4.78 is 31.7. The van der Waals surface area contributed by atoms with E-state index in [2.05, 4.69) is 5.32 Å². The van der Waals surface area contributed by atoms with E-state index in [0.717, 1.165) is 21.0 Å². The van der Waals surface area contributed by atoms with Crippen LogP contribution >= 0.6 is 0 Å². The Morgan fingerprint density at radius 1 is 0.935 bits per heavy atom. The van der Waals surface area contributed by atoms with Crippen LogP contribution in [-0.4, -0.2) is 39.8 Å². The first kappa shape index (κ1) is 22.5. The van der Waals surface area contributed by atoms with E-state index < -0.39 is 10.0 Å². The number of aryl methyl sites for hydroxylation is 1. The van der Waals surface area contributed by atoms with E-state index in [9.17, 15) is 13.2 Å². The Labute approximate surface area is 183 Å². The summed E-state index contributed by atoms with van der Waals surface area (Å²) in [6, 6.07) is 21.6. The first-order valence-corrected chi connectivity index (χ1v) is 11.2. The van der Waals surface area contributed by atoms with Crippen LogP contribution in [0.4, 0.5) is 0 Å². The molecule has 0 aliphatic carbocycles. The average molecular weight is 439 g/mol. The number of amides is 1. The molecule has 0 saturated heterocycles. The lowest BCUT2D eigenvalue weighted by molar-refractivity contribution is 0.0942. The summed E-state index contributed by atoms with van der Waals surface area (Å²) in [5.41, 5.74) is 3.21. The van der Waals surface area contributed by atoms with Gasteiger partial charge in [-0.2, -0.15) is 0 Å². The van der Waals surface area contributed by atoms with Crippen LogP contribution in [0.15, 0.2) is 77.7 Å². The monoisotopic (exact) mass is 438 g/mol. The van der Waals surface area contributed by atoms with Gasteiger partial charge >= 0.3 is 0 Å². The number of hydrogen-bond acceptors (Lipinski definition) is 4. The van der Waals surface area contributed by atoms with Crippen molar-refractivity contribution in [2.24, 2.45) is 0 Å². The van der Waals surface area contributed by atoms with Crippen LogP contribution in [0, 0.1) is 6.92 Å². The van der Waals surface area contributed by atoms with Gasteiger partial charge in [-0.1, -0.05) is 60.2 Å². The minimum Gasteiger partial charge on any atom is -0.495 e. The molecule has 162 valence electrons. The first-order valence-electron chi connectivity index (χ1n) is 9.77. The molecule has 0 bridgehead atoms. The van der Waals surface area contributed by atoms with E-state index in [4.69, 9.17) is 4.74 Å². The van der Waals surface area contributed by atoms with Crippen molar-refractivity contribution in [2.45, 2.75) is 17.9 Å². The molecule has 1 N–H and O–H groups in total. The summed E-state index contributed by atoms with van der Waals surface area (Å²) in [5, 5.41) is 3.04. The quantitative estimate of drug-likeness (QED) is 0.609. The molecule has 1 atom stereocenters. The number of carbonyl (C=O) groups is 1. The highest BCUT2D eigenvalue weighted by atomic mass is 32.2. The van der Waals surface area contributed by atoms with Gasteiger partial charge in [0.25, 0.3) is 5.91 Å². The Kier molecular flexibility index (Phi) is 6.77. The van der Waals surface area contributed by atoms with Crippen LogP contribution in [0.5, 0.6) is 5.75 Å². The smallest absolute Gasteiger partial charge is 0.252 e. The van der Waals surface area contributed by atoms with Crippen molar-refractivity contribution < 1.29 is 17.9 Å². The molecule has 1 amide bonds. The Bertz CT molecular complexity index is 1160. The van der Waals surface area contributed by atoms with E-state index in [1.807, 2.05) is 61.5 Å². The van der Waals surface area contributed by atoms with Gasteiger partial charge in [-0.25, -0.2) is 12.7 Å². The van der Waals surface area contributed by atoms with E-state index >= 15 is 0 Å². The zero-order chi connectivity index (χ0) is 22.6. The Morgan fingerprint density at radius 3 is 2.13 bits per heavy atom. The van der Waals surface area contributed by atoms with Crippen molar-refractivity contribution in [1.29, 1.82) is 0 Å². The van der Waals surface area contributed by atoms with Gasteiger partial charge in [0.05, 0.1) is 13.2 Å². The van der Waals surface area contributed by atoms with E-state index in [1.54, 1.807) is 6.07 Å². The number of rotatable bonds is 7. The highest BCUT2D eigenvalue weighted by molar-refractivity contribution is 7.89. The van der Waals surface area contributed by atoms with Crippen LogP contribution < -0.4 is 10.1 Å². The van der Waals surface area contributed by atoms with Crippen LogP contribution in [0.1, 0.15) is 33.1 Å². The molecule has 0 saturated carbocycles. The van der Waals surface area contributed by atoms with Gasteiger partial charge < -0.3 is 10.1 Å². The summed E-state index contributed by atoms with van der Waals surface area (Å²) in [7, 11) is 0.480. The molecule has 1 unspecified atom stereocenters.